The number of anilines is 3. The molecular weight excluding hydrogens is 343 g/mol. The summed E-state index contributed by atoms with van der Waals surface area (Å²) in [7, 11) is -3.73. The van der Waals surface area contributed by atoms with E-state index in [9.17, 15) is 12.8 Å². The van der Waals surface area contributed by atoms with E-state index < -0.39 is 10.0 Å². The molecule has 25 heavy (non-hydrogen) atoms. The molecule has 0 saturated heterocycles. The summed E-state index contributed by atoms with van der Waals surface area (Å²) in [5.74, 6) is 0.0784. The van der Waals surface area contributed by atoms with Gasteiger partial charge in [-0.05, 0) is 49.4 Å². The van der Waals surface area contributed by atoms with Gasteiger partial charge in [-0.15, -0.1) is 10.2 Å². The van der Waals surface area contributed by atoms with Crippen molar-refractivity contribution in [3.05, 3.63) is 72.0 Å². The fraction of sp³-hybridized carbons (Fsp3) is 0.0588. The molecule has 0 saturated carbocycles. The van der Waals surface area contributed by atoms with Crippen molar-refractivity contribution >= 4 is 27.3 Å². The molecule has 0 aliphatic heterocycles. The lowest BCUT2D eigenvalue weighted by atomic mass is 10.2. The zero-order valence-corrected chi connectivity index (χ0v) is 14.1. The van der Waals surface area contributed by atoms with E-state index in [1.807, 2.05) is 6.92 Å². The van der Waals surface area contributed by atoms with Crippen molar-refractivity contribution in [1.82, 2.24) is 10.2 Å². The molecule has 3 aromatic rings. The number of aromatic nitrogens is 2. The lowest BCUT2D eigenvalue weighted by Crippen LogP contribution is -2.14. The van der Waals surface area contributed by atoms with Gasteiger partial charge in [0.2, 0.25) is 0 Å². The Labute approximate surface area is 144 Å². The van der Waals surface area contributed by atoms with Crippen molar-refractivity contribution in [2.45, 2.75) is 11.8 Å². The number of benzene rings is 2. The molecule has 128 valence electrons. The van der Waals surface area contributed by atoms with Crippen molar-refractivity contribution in [1.29, 1.82) is 0 Å². The summed E-state index contributed by atoms with van der Waals surface area (Å²) in [6.45, 7) is 1.87. The molecule has 0 unspecified atom stereocenters. The first kappa shape index (κ1) is 16.8. The van der Waals surface area contributed by atoms with Crippen LogP contribution in [0, 0.1) is 12.7 Å². The quantitative estimate of drug-likeness (QED) is 0.730. The molecule has 0 fully saturated rings. The minimum absolute atomic E-state index is 0.0883. The highest BCUT2D eigenvalue weighted by Crippen LogP contribution is 2.18. The zero-order chi connectivity index (χ0) is 17.9. The Morgan fingerprint density at radius 3 is 2.24 bits per heavy atom. The van der Waals surface area contributed by atoms with Crippen LogP contribution in [-0.4, -0.2) is 18.6 Å². The van der Waals surface area contributed by atoms with Gasteiger partial charge in [-0.3, -0.25) is 4.72 Å². The molecule has 1 aromatic heterocycles. The molecular formula is C17H15FN4O2S. The summed E-state index contributed by atoms with van der Waals surface area (Å²) < 4.78 is 40.1. The highest BCUT2D eigenvalue weighted by Gasteiger charge is 2.14. The van der Waals surface area contributed by atoms with Gasteiger partial charge in [-0.2, -0.15) is 0 Å². The maximum absolute atomic E-state index is 13.2. The van der Waals surface area contributed by atoms with Crippen LogP contribution in [0.4, 0.5) is 21.7 Å². The largest absolute Gasteiger partial charge is 0.339 e. The highest BCUT2D eigenvalue weighted by atomic mass is 32.2. The Morgan fingerprint density at radius 2 is 1.60 bits per heavy atom. The van der Waals surface area contributed by atoms with Crippen LogP contribution in [0.3, 0.4) is 0 Å². The summed E-state index contributed by atoms with van der Waals surface area (Å²) >= 11 is 0. The Balaban J connectivity index is 1.73. The first-order valence-electron chi connectivity index (χ1n) is 7.38. The summed E-state index contributed by atoms with van der Waals surface area (Å²) in [5.41, 5.74) is 1.48. The Kier molecular flexibility index (Phi) is 4.62. The fourth-order valence-electron chi connectivity index (χ4n) is 2.08. The second-order valence-electron chi connectivity index (χ2n) is 5.36. The third kappa shape index (κ3) is 4.30. The van der Waals surface area contributed by atoms with E-state index in [1.165, 1.54) is 30.3 Å². The highest BCUT2D eigenvalue weighted by molar-refractivity contribution is 7.92. The second kappa shape index (κ2) is 6.86. The van der Waals surface area contributed by atoms with Gasteiger partial charge in [0.05, 0.1) is 4.90 Å². The van der Waals surface area contributed by atoms with E-state index in [0.717, 1.165) is 5.56 Å². The van der Waals surface area contributed by atoms with Crippen LogP contribution in [-0.2, 0) is 10.0 Å². The SMILES string of the molecule is Cc1ccc(S(=O)(=O)Nc2ccc(Nc3cccc(F)c3)nn2)cc1. The summed E-state index contributed by atoms with van der Waals surface area (Å²) in [4.78, 5) is 0.141. The molecule has 2 aromatic carbocycles. The van der Waals surface area contributed by atoms with Crippen molar-refractivity contribution < 1.29 is 12.8 Å². The first-order valence-corrected chi connectivity index (χ1v) is 8.86. The van der Waals surface area contributed by atoms with Crippen LogP contribution >= 0.6 is 0 Å². The van der Waals surface area contributed by atoms with Crippen molar-refractivity contribution in [2.24, 2.45) is 0 Å². The average molecular weight is 358 g/mol. The number of nitrogens with one attached hydrogen (secondary N) is 2. The minimum Gasteiger partial charge on any atom is -0.339 e. The average Bonchev–Trinajstić information content (AvgIpc) is 2.57. The van der Waals surface area contributed by atoms with Crippen LogP contribution in [0.2, 0.25) is 0 Å². The van der Waals surface area contributed by atoms with E-state index in [0.29, 0.717) is 11.5 Å². The molecule has 8 heteroatoms. The molecule has 0 spiro atoms. The summed E-state index contributed by atoms with van der Waals surface area (Å²) in [6.07, 6.45) is 0. The predicted octanol–water partition coefficient (Wildman–Crippen LogP) is 3.47. The van der Waals surface area contributed by atoms with E-state index in [2.05, 4.69) is 20.2 Å². The summed E-state index contributed by atoms with van der Waals surface area (Å²) in [6, 6.07) is 15.4. The molecule has 3 rings (SSSR count). The van der Waals surface area contributed by atoms with Crippen LogP contribution < -0.4 is 10.0 Å². The first-order chi connectivity index (χ1) is 11.9. The van der Waals surface area contributed by atoms with Gasteiger partial charge in [0.25, 0.3) is 10.0 Å². The maximum atomic E-state index is 13.2. The van der Waals surface area contributed by atoms with E-state index in [1.54, 1.807) is 30.3 Å². The molecule has 2 N–H and O–H groups in total. The second-order valence-corrected chi connectivity index (χ2v) is 7.04. The van der Waals surface area contributed by atoms with Crippen LogP contribution in [0.1, 0.15) is 5.56 Å². The molecule has 0 amide bonds. The van der Waals surface area contributed by atoms with Crippen LogP contribution in [0.5, 0.6) is 0 Å². The molecule has 1 heterocycles. The van der Waals surface area contributed by atoms with Crippen LogP contribution in [0.15, 0.2) is 65.6 Å². The normalized spacial score (nSPS) is 11.1. The zero-order valence-electron chi connectivity index (χ0n) is 13.3. The van der Waals surface area contributed by atoms with Gasteiger partial charge in [0.15, 0.2) is 11.6 Å². The Bertz CT molecular complexity index is 974. The van der Waals surface area contributed by atoms with E-state index in [-0.39, 0.29) is 16.5 Å². The molecule has 0 bridgehead atoms. The van der Waals surface area contributed by atoms with E-state index in [4.69, 9.17) is 0 Å². The number of aryl methyl sites for hydroxylation is 1. The number of rotatable bonds is 5. The molecule has 0 aliphatic carbocycles. The smallest absolute Gasteiger partial charge is 0.263 e. The topological polar surface area (TPSA) is 84.0 Å². The van der Waals surface area contributed by atoms with Crippen molar-refractivity contribution in [3.63, 3.8) is 0 Å². The summed E-state index contributed by atoms with van der Waals surface area (Å²) in [5, 5.41) is 10.6. The molecule has 0 radical (unpaired) electrons. The predicted molar refractivity (Wildman–Crippen MR) is 93.7 cm³/mol. The van der Waals surface area contributed by atoms with Gasteiger partial charge < -0.3 is 5.32 Å². The van der Waals surface area contributed by atoms with E-state index >= 15 is 0 Å². The maximum Gasteiger partial charge on any atom is 0.263 e. The van der Waals surface area contributed by atoms with Gasteiger partial charge in [-0.1, -0.05) is 23.8 Å². The standard InChI is InChI=1S/C17H15FN4O2S/c1-12-5-7-15(8-6-12)25(23,24)22-17-10-9-16(20-21-17)19-14-4-2-3-13(18)11-14/h2-11H,1H3,(H,19,20)(H,21,22). The molecule has 0 atom stereocenters. The van der Waals surface area contributed by atoms with Crippen LogP contribution in [0.25, 0.3) is 0 Å². The number of halogens is 1. The van der Waals surface area contributed by atoms with Crippen molar-refractivity contribution in [3.8, 4) is 0 Å². The third-order valence-electron chi connectivity index (χ3n) is 3.33. The van der Waals surface area contributed by atoms with Gasteiger partial charge in [0, 0.05) is 5.69 Å². The lowest BCUT2D eigenvalue weighted by molar-refractivity contribution is 0.601. The lowest BCUT2D eigenvalue weighted by Gasteiger charge is -2.08. The Hall–Kier alpha value is -3.00. The fourth-order valence-corrected chi connectivity index (χ4v) is 3.08. The minimum atomic E-state index is -3.73. The number of sulfonamides is 1. The van der Waals surface area contributed by atoms with Gasteiger partial charge >= 0.3 is 0 Å². The Morgan fingerprint density at radius 1 is 0.920 bits per heavy atom. The number of hydrogen-bond acceptors (Lipinski definition) is 5. The number of nitrogens with zero attached hydrogens (tertiary/aromatic N) is 2. The van der Waals surface area contributed by atoms with Gasteiger partial charge in [-0.25, -0.2) is 12.8 Å². The van der Waals surface area contributed by atoms with Gasteiger partial charge in [0.1, 0.15) is 5.82 Å². The monoisotopic (exact) mass is 358 g/mol. The van der Waals surface area contributed by atoms with Crippen molar-refractivity contribution in [2.75, 3.05) is 10.0 Å². The third-order valence-corrected chi connectivity index (χ3v) is 4.70. The number of hydrogen-bond donors (Lipinski definition) is 2. The molecule has 0 aliphatic rings. The molecule has 6 nitrogen and oxygen atoms in total.